The second kappa shape index (κ2) is 7.25. The number of cyclic esters (lactones) is 1. The van der Waals surface area contributed by atoms with Gasteiger partial charge in [-0.25, -0.2) is 4.79 Å². The molecule has 1 aromatic carbocycles. The molecule has 0 spiro atoms. The number of hydrogen-bond acceptors (Lipinski definition) is 4. The Balaban J connectivity index is 1.62. The maximum Gasteiger partial charge on any atom is 0.414 e. The van der Waals surface area contributed by atoms with E-state index in [1.54, 1.807) is 4.90 Å². The van der Waals surface area contributed by atoms with Crippen molar-refractivity contribution in [3.63, 3.8) is 0 Å². The fourth-order valence-electron chi connectivity index (χ4n) is 3.05. The van der Waals surface area contributed by atoms with Gasteiger partial charge in [-0.05, 0) is 48.0 Å². The smallest absolute Gasteiger partial charge is 0.414 e. The highest BCUT2D eigenvalue weighted by atomic mass is 32.2. The van der Waals surface area contributed by atoms with Crippen LogP contribution in [0.5, 0.6) is 0 Å². The molecule has 0 aromatic heterocycles. The quantitative estimate of drug-likeness (QED) is 0.920. The van der Waals surface area contributed by atoms with Gasteiger partial charge in [-0.15, -0.1) is 0 Å². The molecule has 6 heteroatoms. The van der Waals surface area contributed by atoms with E-state index in [1.165, 1.54) is 36.8 Å². The van der Waals surface area contributed by atoms with Crippen molar-refractivity contribution in [3.05, 3.63) is 29.8 Å². The molecule has 2 fully saturated rings. The Morgan fingerprint density at radius 1 is 1.30 bits per heavy atom. The van der Waals surface area contributed by atoms with Gasteiger partial charge in [-0.3, -0.25) is 9.69 Å². The fourth-order valence-corrected chi connectivity index (χ4v) is 4.16. The van der Waals surface area contributed by atoms with E-state index >= 15 is 0 Å². The van der Waals surface area contributed by atoms with E-state index in [2.05, 4.69) is 17.4 Å². The van der Waals surface area contributed by atoms with Crippen molar-refractivity contribution >= 4 is 29.4 Å². The third-order valence-corrected chi connectivity index (χ3v) is 5.40. The van der Waals surface area contributed by atoms with Crippen molar-refractivity contribution in [2.75, 3.05) is 29.5 Å². The third-order valence-electron chi connectivity index (χ3n) is 4.35. The zero-order valence-electron chi connectivity index (χ0n) is 13.3. The van der Waals surface area contributed by atoms with E-state index in [1.807, 2.05) is 23.9 Å². The maximum absolute atomic E-state index is 12.0. The van der Waals surface area contributed by atoms with Crippen molar-refractivity contribution in [1.29, 1.82) is 0 Å². The lowest BCUT2D eigenvalue weighted by Crippen LogP contribution is -2.33. The van der Waals surface area contributed by atoms with Crippen molar-refractivity contribution in [1.82, 2.24) is 5.32 Å². The van der Waals surface area contributed by atoms with Gasteiger partial charge in [-0.1, -0.05) is 12.1 Å². The number of nitrogens with zero attached hydrogens (tertiary/aromatic N) is 1. The Bertz CT molecular complexity index is 570. The second-order valence-electron chi connectivity index (χ2n) is 6.03. The van der Waals surface area contributed by atoms with Crippen LogP contribution >= 0.6 is 11.8 Å². The molecule has 5 nitrogen and oxygen atoms in total. The summed E-state index contributed by atoms with van der Waals surface area (Å²) < 4.78 is 5.29. The number of ether oxygens (including phenoxy) is 1. The highest BCUT2D eigenvalue weighted by Gasteiger charge is 2.32. The van der Waals surface area contributed by atoms with E-state index in [4.69, 9.17) is 4.74 Å². The van der Waals surface area contributed by atoms with Gasteiger partial charge >= 0.3 is 6.09 Å². The highest BCUT2D eigenvalue weighted by Crippen LogP contribution is 2.32. The minimum Gasteiger partial charge on any atom is -0.442 e. The normalized spacial score (nSPS) is 22.0. The molecule has 0 radical (unpaired) electrons. The lowest BCUT2D eigenvalue weighted by atomic mass is 9.93. The van der Waals surface area contributed by atoms with Gasteiger partial charge in [0.2, 0.25) is 5.91 Å². The minimum atomic E-state index is -0.345. The van der Waals surface area contributed by atoms with Crippen molar-refractivity contribution in [2.45, 2.75) is 31.8 Å². The Hall–Kier alpha value is -1.69. The summed E-state index contributed by atoms with van der Waals surface area (Å²) in [5.74, 6) is 2.99. The minimum absolute atomic E-state index is 0.116. The monoisotopic (exact) mass is 334 g/mol. The summed E-state index contributed by atoms with van der Waals surface area (Å²) in [6.45, 7) is 2.28. The molecule has 2 aliphatic heterocycles. The van der Waals surface area contributed by atoms with Crippen LogP contribution in [-0.4, -0.2) is 42.7 Å². The number of thioether (sulfide) groups is 1. The van der Waals surface area contributed by atoms with Crippen molar-refractivity contribution < 1.29 is 14.3 Å². The molecule has 0 aliphatic carbocycles. The van der Waals surface area contributed by atoms with Crippen molar-refractivity contribution in [3.8, 4) is 0 Å². The summed E-state index contributed by atoms with van der Waals surface area (Å²) in [5, 5.41) is 2.69. The Kier molecular flexibility index (Phi) is 5.10. The molecule has 2 heterocycles. The molecule has 0 bridgehead atoms. The second-order valence-corrected chi connectivity index (χ2v) is 7.26. The molecule has 1 N–H and O–H groups in total. The van der Waals surface area contributed by atoms with E-state index < -0.39 is 0 Å². The summed E-state index contributed by atoms with van der Waals surface area (Å²) in [6, 6.07) is 8.26. The van der Waals surface area contributed by atoms with Gasteiger partial charge in [0.25, 0.3) is 0 Å². The van der Waals surface area contributed by atoms with Crippen LogP contribution in [-0.2, 0) is 9.53 Å². The molecule has 23 heavy (non-hydrogen) atoms. The van der Waals surface area contributed by atoms with Gasteiger partial charge in [0.15, 0.2) is 0 Å². The first-order valence-electron chi connectivity index (χ1n) is 8.04. The largest absolute Gasteiger partial charge is 0.442 e. The molecule has 1 atom stereocenters. The van der Waals surface area contributed by atoms with Crippen LogP contribution in [0, 0.1) is 0 Å². The van der Waals surface area contributed by atoms with Gasteiger partial charge in [0.05, 0.1) is 13.1 Å². The van der Waals surface area contributed by atoms with Crippen LogP contribution in [0.1, 0.15) is 31.2 Å². The number of carbonyl (C=O) groups is 2. The number of hydrogen-bond donors (Lipinski definition) is 1. The number of amides is 2. The van der Waals surface area contributed by atoms with Gasteiger partial charge < -0.3 is 10.1 Å². The Morgan fingerprint density at radius 3 is 2.65 bits per heavy atom. The number of benzene rings is 1. The first-order chi connectivity index (χ1) is 11.1. The lowest BCUT2D eigenvalue weighted by molar-refractivity contribution is -0.119. The van der Waals surface area contributed by atoms with Crippen molar-refractivity contribution in [2.24, 2.45) is 0 Å². The summed E-state index contributed by atoms with van der Waals surface area (Å²) >= 11 is 2.02. The van der Waals surface area contributed by atoms with E-state index in [-0.39, 0.29) is 18.1 Å². The molecule has 3 rings (SSSR count). The molecule has 1 aromatic rings. The number of anilines is 1. The number of nitrogens with one attached hydrogen (secondary N) is 1. The summed E-state index contributed by atoms with van der Waals surface area (Å²) in [7, 11) is 0. The van der Waals surface area contributed by atoms with Crippen LogP contribution in [0.2, 0.25) is 0 Å². The molecule has 124 valence electrons. The SMILES string of the molecule is CC(=O)NC[C@H]1CN(c2ccc(C3CCSCC3)cc2)C(=O)O1. The first-order valence-corrected chi connectivity index (χ1v) is 9.19. The van der Waals surface area contributed by atoms with Gasteiger partial charge in [0.1, 0.15) is 6.10 Å². The van der Waals surface area contributed by atoms with Crippen LogP contribution in [0.15, 0.2) is 24.3 Å². The predicted octanol–water partition coefficient (Wildman–Crippen LogP) is 2.76. The zero-order chi connectivity index (χ0) is 16.2. The van der Waals surface area contributed by atoms with Gasteiger partial charge in [-0.2, -0.15) is 11.8 Å². The standard InChI is InChI=1S/C17H22N2O3S/c1-12(20)18-10-16-11-19(17(21)22-16)15-4-2-13(3-5-15)14-6-8-23-9-7-14/h2-5,14,16H,6-11H2,1H3,(H,18,20)/t16-/m0/s1. The number of carbonyl (C=O) groups excluding carboxylic acids is 2. The van der Waals surface area contributed by atoms with Crippen LogP contribution in [0.3, 0.4) is 0 Å². The average molecular weight is 334 g/mol. The maximum atomic E-state index is 12.0. The van der Waals surface area contributed by atoms with E-state index in [9.17, 15) is 9.59 Å². The fraction of sp³-hybridized carbons (Fsp3) is 0.529. The Morgan fingerprint density at radius 2 is 2.00 bits per heavy atom. The molecular formula is C17H22N2O3S. The topological polar surface area (TPSA) is 58.6 Å². The Labute approximate surface area is 140 Å². The molecule has 2 amide bonds. The highest BCUT2D eigenvalue weighted by molar-refractivity contribution is 7.99. The summed E-state index contributed by atoms with van der Waals surface area (Å²) in [5.41, 5.74) is 2.21. The average Bonchev–Trinajstić information content (AvgIpc) is 2.95. The lowest BCUT2D eigenvalue weighted by Gasteiger charge is -2.22. The molecule has 2 saturated heterocycles. The summed E-state index contributed by atoms with van der Waals surface area (Å²) in [6.07, 6.45) is 1.83. The van der Waals surface area contributed by atoms with E-state index in [0.29, 0.717) is 19.0 Å². The predicted molar refractivity (Wildman–Crippen MR) is 92.0 cm³/mol. The molecular weight excluding hydrogens is 312 g/mol. The van der Waals surface area contributed by atoms with Crippen LogP contribution in [0.4, 0.5) is 10.5 Å². The first kappa shape index (κ1) is 16.2. The van der Waals surface area contributed by atoms with E-state index in [0.717, 1.165) is 5.69 Å². The molecule has 2 aliphatic rings. The van der Waals surface area contributed by atoms with Crippen LogP contribution < -0.4 is 10.2 Å². The molecule has 0 saturated carbocycles. The zero-order valence-corrected chi connectivity index (χ0v) is 14.1. The number of rotatable bonds is 4. The summed E-state index contributed by atoms with van der Waals surface area (Å²) in [4.78, 5) is 24.6. The van der Waals surface area contributed by atoms with Crippen LogP contribution in [0.25, 0.3) is 0 Å². The molecule has 0 unspecified atom stereocenters. The van der Waals surface area contributed by atoms with Gasteiger partial charge in [0, 0.05) is 12.6 Å². The third kappa shape index (κ3) is 3.99.